The van der Waals surface area contributed by atoms with Crippen LogP contribution in [0.25, 0.3) is 0 Å². The molecule has 4 rings (SSSR count). The Morgan fingerprint density at radius 1 is 0.943 bits per heavy atom. The van der Waals surface area contributed by atoms with Crippen LogP contribution in [0.5, 0.6) is 0 Å². The highest BCUT2D eigenvalue weighted by molar-refractivity contribution is 7.80. The molecule has 6 nitrogen and oxygen atoms in total. The molecule has 0 aromatic heterocycles. The fraction of sp³-hybridized carbons (Fsp3) is 0.250. The summed E-state index contributed by atoms with van der Waals surface area (Å²) < 4.78 is 7.66. The van der Waals surface area contributed by atoms with Gasteiger partial charge < -0.3 is 15.0 Å². The van der Waals surface area contributed by atoms with Gasteiger partial charge in [0.05, 0.1) is 24.2 Å². The van der Waals surface area contributed by atoms with Crippen LogP contribution in [-0.2, 0) is 11.3 Å². The van der Waals surface area contributed by atoms with Crippen molar-refractivity contribution in [3.05, 3.63) is 95.6 Å². The molecular weight excluding hydrogens is 456 g/mol. The SMILES string of the molecule is CC[NH+](CC)CCOC(=O)c1ccc([N+]2=C(NC(=S)Nc3ccccc3)c3ccccc3C2)cc1. The summed E-state index contributed by atoms with van der Waals surface area (Å²) in [6.07, 6.45) is 0. The lowest BCUT2D eigenvalue weighted by atomic mass is 10.1. The molecule has 0 unspecified atom stereocenters. The van der Waals surface area contributed by atoms with Crippen molar-refractivity contribution in [2.75, 3.05) is 31.6 Å². The molecule has 3 aromatic rings. The van der Waals surface area contributed by atoms with Gasteiger partial charge in [0, 0.05) is 11.3 Å². The molecule has 3 N–H and O–H groups in total. The Kier molecular flexibility index (Phi) is 8.23. The third-order valence-electron chi connectivity index (χ3n) is 6.24. The maximum Gasteiger partial charge on any atom is 0.338 e. The predicted molar refractivity (Wildman–Crippen MR) is 144 cm³/mol. The topological polar surface area (TPSA) is 57.8 Å². The number of ether oxygens (including phenoxy) is 1. The molecule has 0 atom stereocenters. The number of benzene rings is 3. The second-order valence-electron chi connectivity index (χ2n) is 8.43. The van der Waals surface area contributed by atoms with Crippen molar-refractivity contribution in [1.29, 1.82) is 0 Å². The summed E-state index contributed by atoms with van der Waals surface area (Å²) in [4.78, 5) is 13.9. The first-order valence-corrected chi connectivity index (χ1v) is 12.5. The highest BCUT2D eigenvalue weighted by Crippen LogP contribution is 2.25. The van der Waals surface area contributed by atoms with Crippen LogP contribution in [0.2, 0.25) is 0 Å². The minimum atomic E-state index is -0.289. The lowest BCUT2D eigenvalue weighted by molar-refractivity contribution is -0.896. The van der Waals surface area contributed by atoms with Gasteiger partial charge in [-0.1, -0.05) is 36.4 Å². The molecule has 0 amide bonds. The summed E-state index contributed by atoms with van der Waals surface area (Å²) in [6.45, 7) is 8.29. The fourth-order valence-corrected chi connectivity index (χ4v) is 4.40. The van der Waals surface area contributed by atoms with E-state index in [1.54, 1.807) is 0 Å². The molecule has 1 heterocycles. The van der Waals surface area contributed by atoms with Gasteiger partial charge in [-0.3, -0.25) is 0 Å². The fourth-order valence-electron chi connectivity index (χ4n) is 4.18. The van der Waals surface area contributed by atoms with Gasteiger partial charge in [-0.2, -0.15) is 0 Å². The normalized spacial score (nSPS) is 12.4. The molecule has 180 valence electrons. The highest BCUT2D eigenvalue weighted by atomic mass is 32.1. The Morgan fingerprint density at radius 3 is 2.34 bits per heavy atom. The Morgan fingerprint density at radius 2 is 1.63 bits per heavy atom. The lowest BCUT2D eigenvalue weighted by Crippen LogP contribution is -3.11. The van der Waals surface area contributed by atoms with E-state index in [0.717, 1.165) is 42.4 Å². The van der Waals surface area contributed by atoms with E-state index in [2.05, 4.69) is 41.2 Å². The molecule has 0 fully saturated rings. The van der Waals surface area contributed by atoms with E-state index in [-0.39, 0.29) is 5.97 Å². The third kappa shape index (κ3) is 6.12. The van der Waals surface area contributed by atoms with Crippen LogP contribution in [0.15, 0.2) is 78.9 Å². The summed E-state index contributed by atoms with van der Waals surface area (Å²) in [6, 6.07) is 25.7. The molecule has 7 heteroatoms. The predicted octanol–water partition coefficient (Wildman–Crippen LogP) is 3.36. The minimum absolute atomic E-state index is 0.289. The smallest absolute Gasteiger partial charge is 0.338 e. The Balaban J connectivity index is 1.50. The first kappa shape index (κ1) is 24.6. The van der Waals surface area contributed by atoms with Gasteiger partial charge in [0.15, 0.2) is 0 Å². The zero-order valence-corrected chi connectivity index (χ0v) is 21.0. The van der Waals surface area contributed by atoms with Crippen LogP contribution >= 0.6 is 12.2 Å². The molecule has 35 heavy (non-hydrogen) atoms. The van der Waals surface area contributed by atoms with Gasteiger partial charge in [0.1, 0.15) is 25.4 Å². The maximum atomic E-state index is 12.5. The summed E-state index contributed by atoms with van der Waals surface area (Å²) >= 11 is 5.60. The van der Waals surface area contributed by atoms with Crippen molar-refractivity contribution in [2.45, 2.75) is 20.4 Å². The van der Waals surface area contributed by atoms with Crippen LogP contribution in [0, 0.1) is 0 Å². The van der Waals surface area contributed by atoms with E-state index in [0.29, 0.717) is 23.8 Å². The quantitative estimate of drug-likeness (QED) is 0.258. The van der Waals surface area contributed by atoms with E-state index in [4.69, 9.17) is 17.0 Å². The van der Waals surface area contributed by atoms with Crippen LogP contribution < -0.4 is 15.5 Å². The first-order chi connectivity index (χ1) is 17.1. The van der Waals surface area contributed by atoms with Crippen molar-refractivity contribution < 1.29 is 19.0 Å². The Hall–Kier alpha value is -3.55. The van der Waals surface area contributed by atoms with E-state index in [1.807, 2.05) is 66.7 Å². The van der Waals surface area contributed by atoms with Crippen LogP contribution in [0.3, 0.4) is 0 Å². The standard InChI is InChI=1S/C28H30N4O2S/c1-3-31(4-2)18-19-34-27(33)21-14-16-24(17-15-21)32-20-22-10-8-9-13-25(22)26(32)30-28(35)29-23-11-6-5-7-12-23/h5-17H,3-4,18-20H2,1-2H3,(H,29,35)/p+2. The van der Waals surface area contributed by atoms with Gasteiger partial charge in [-0.25, -0.2) is 14.7 Å². The minimum Gasteiger partial charge on any atom is -0.456 e. The number of esters is 1. The van der Waals surface area contributed by atoms with Crippen molar-refractivity contribution in [2.24, 2.45) is 0 Å². The van der Waals surface area contributed by atoms with Gasteiger partial charge >= 0.3 is 5.97 Å². The van der Waals surface area contributed by atoms with Crippen molar-refractivity contribution >= 4 is 40.5 Å². The molecule has 1 aliphatic rings. The number of amidine groups is 1. The number of hydrogen-bond acceptors (Lipinski definition) is 3. The number of nitrogens with zero attached hydrogens (tertiary/aromatic N) is 1. The number of rotatable bonds is 8. The molecule has 3 aromatic carbocycles. The average molecular weight is 489 g/mol. The zero-order valence-electron chi connectivity index (χ0n) is 20.2. The number of para-hydroxylation sites is 1. The number of thiocarbonyl (C=S) groups is 1. The molecule has 0 spiro atoms. The van der Waals surface area contributed by atoms with Crippen LogP contribution in [0.1, 0.15) is 35.3 Å². The summed E-state index contributed by atoms with van der Waals surface area (Å²) in [5.41, 5.74) is 4.76. The van der Waals surface area contributed by atoms with Crippen molar-refractivity contribution in [3.63, 3.8) is 0 Å². The number of hydrogen-bond donors (Lipinski definition) is 3. The van der Waals surface area contributed by atoms with E-state index >= 15 is 0 Å². The van der Waals surface area contributed by atoms with E-state index < -0.39 is 0 Å². The average Bonchev–Trinajstić information content (AvgIpc) is 3.25. The second-order valence-corrected chi connectivity index (χ2v) is 8.84. The van der Waals surface area contributed by atoms with E-state index in [9.17, 15) is 4.79 Å². The number of carbonyl (C=O) groups excluding carboxylic acids is 1. The number of carbonyl (C=O) groups is 1. The van der Waals surface area contributed by atoms with Crippen molar-refractivity contribution in [3.8, 4) is 0 Å². The Labute approximate surface area is 212 Å². The number of nitrogens with one attached hydrogen (secondary N) is 3. The molecule has 0 radical (unpaired) electrons. The highest BCUT2D eigenvalue weighted by Gasteiger charge is 2.29. The maximum absolute atomic E-state index is 12.5. The van der Waals surface area contributed by atoms with E-state index in [1.165, 1.54) is 10.5 Å². The monoisotopic (exact) mass is 488 g/mol. The first-order valence-electron chi connectivity index (χ1n) is 12.1. The second kappa shape index (κ2) is 11.7. The molecular formula is C28H32N4O2S+2. The largest absolute Gasteiger partial charge is 0.456 e. The van der Waals surface area contributed by atoms with Crippen LogP contribution in [0.4, 0.5) is 11.4 Å². The number of quaternary nitrogens is 1. The van der Waals surface area contributed by atoms with Crippen molar-refractivity contribution in [1.82, 2.24) is 5.32 Å². The van der Waals surface area contributed by atoms with Gasteiger partial charge in [0.25, 0.3) is 10.9 Å². The molecule has 0 aliphatic carbocycles. The number of likely N-dealkylation sites (N-methyl/N-ethyl adjacent to an activating group) is 1. The molecule has 0 saturated heterocycles. The molecule has 0 bridgehead atoms. The van der Waals surface area contributed by atoms with Gasteiger partial charge in [0.2, 0.25) is 0 Å². The summed E-state index contributed by atoms with van der Waals surface area (Å²) in [7, 11) is 0. The Bertz CT molecular complexity index is 1210. The zero-order chi connectivity index (χ0) is 24.6. The van der Waals surface area contributed by atoms with Crippen LogP contribution in [-0.4, -0.2) is 47.7 Å². The third-order valence-corrected chi connectivity index (χ3v) is 6.44. The summed E-state index contributed by atoms with van der Waals surface area (Å²) in [5.74, 6) is 0.620. The molecule has 0 saturated carbocycles. The number of fused-ring (bicyclic) bond motifs is 1. The lowest BCUT2D eigenvalue weighted by Gasteiger charge is -2.15. The number of anilines is 1. The molecule has 1 aliphatic heterocycles. The van der Waals surface area contributed by atoms with Gasteiger partial charge in [-0.15, -0.1) is 0 Å². The van der Waals surface area contributed by atoms with Gasteiger partial charge in [-0.05, 0) is 68.5 Å². The summed E-state index contributed by atoms with van der Waals surface area (Å²) in [5, 5.41) is 7.15.